The Kier molecular flexibility index (Phi) is 6.99. The highest BCUT2D eigenvalue weighted by Gasteiger charge is 2.25. The van der Waals surface area contributed by atoms with Crippen LogP contribution in [0.1, 0.15) is 29.1 Å². The van der Waals surface area contributed by atoms with Crippen LogP contribution in [0.15, 0.2) is 6.20 Å². The van der Waals surface area contributed by atoms with Gasteiger partial charge in [-0.1, -0.05) is 6.92 Å². The Morgan fingerprint density at radius 2 is 2.29 bits per heavy atom. The Labute approximate surface area is 147 Å². The summed E-state index contributed by atoms with van der Waals surface area (Å²) in [5.74, 6) is 0.136. The highest BCUT2D eigenvalue weighted by Crippen LogP contribution is 2.20. The maximum Gasteiger partial charge on any atom is 0.317 e. The Morgan fingerprint density at radius 3 is 2.96 bits per heavy atom. The van der Waals surface area contributed by atoms with Crippen molar-refractivity contribution in [2.45, 2.75) is 26.2 Å². The number of rotatable bonds is 6. The van der Waals surface area contributed by atoms with E-state index in [2.05, 4.69) is 10.3 Å². The lowest BCUT2D eigenvalue weighted by Crippen LogP contribution is -2.45. The number of hydrogen-bond acceptors (Lipinski definition) is 5. The topological polar surface area (TPSA) is 74.8 Å². The molecule has 3 amide bonds. The summed E-state index contributed by atoms with van der Waals surface area (Å²) in [6.07, 6.45) is 2.63. The van der Waals surface area contributed by atoms with Crippen molar-refractivity contribution in [2.24, 2.45) is 0 Å². The van der Waals surface area contributed by atoms with Gasteiger partial charge in [0.2, 0.25) is 5.91 Å². The summed E-state index contributed by atoms with van der Waals surface area (Å²) in [6.45, 7) is 7.05. The van der Waals surface area contributed by atoms with Crippen LogP contribution >= 0.6 is 11.3 Å². The Balaban J connectivity index is 1.82. The van der Waals surface area contributed by atoms with Crippen LogP contribution in [0.25, 0.3) is 0 Å². The molecule has 0 radical (unpaired) electrons. The molecular weight excluding hydrogens is 328 g/mol. The minimum atomic E-state index is -0.183. The van der Waals surface area contributed by atoms with E-state index in [4.69, 9.17) is 4.74 Å². The Morgan fingerprint density at radius 1 is 1.50 bits per heavy atom. The van der Waals surface area contributed by atoms with Crippen LogP contribution in [0.2, 0.25) is 0 Å². The third kappa shape index (κ3) is 5.17. The van der Waals surface area contributed by atoms with Gasteiger partial charge in [0, 0.05) is 50.3 Å². The molecule has 0 aromatic carbocycles. The lowest BCUT2D eigenvalue weighted by atomic mass is 10.2. The number of methoxy groups -OCH3 is 1. The monoisotopic (exact) mass is 354 g/mol. The first-order valence-corrected chi connectivity index (χ1v) is 9.04. The number of aryl methyl sites for hydroxylation is 1. The molecule has 1 aliphatic rings. The van der Waals surface area contributed by atoms with Crippen molar-refractivity contribution in [3.63, 3.8) is 0 Å². The fourth-order valence-corrected chi connectivity index (χ4v) is 3.40. The van der Waals surface area contributed by atoms with E-state index in [0.717, 1.165) is 16.3 Å². The van der Waals surface area contributed by atoms with Gasteiger partial charge in [0.05, 0.1) is 11.6 Å². The molecule has 2 heterocycles. The van der Waals surface area contributed by atoms with E-state index in [9.17, 15) is 9.59 Å². The Hall–Kier alpha value is -1.67. The second kappa shape index (κ2) is 8.98. The highest BCUT2D eigenvalue weighted by atomic mass is 32.1. The van der Waals surface area contributed by atoms with Crippen molar-refractivity contribution in [1.29, 1.82) is 0 Å². The molecule has 1 N–H and O–H groups in total. The fourth-order valence-electron chi connectivity index (χ4n) is 2.57. The van der Waals surface area contributed by atoms with Gasteiger partial charge in [-0.3, -0.25) is 4.79 Å². The van der Waals surface area contributed by atoms with Gasteiger partial charge in [-0.2, -0.15) is 0 Å². The summed E-state index contributed by atoms with van der Waals surface area (Å²) >= 11 is 1.65. The van der Waals surface area contributed by atoms with E-state index in [1.54, 1.807) is 28.2 Å². The van der Waals surface area contributed by atoms with Crippen molar-refractivity contribution >= 4 is 23.3 Å². The molecule has 1 saturated heterocycles. The predicted molar refractivity (Wildman–Crippen MR) is 93.3 cm³/mol. The van der Waals surface area contributed by atoms with Gasteiger partial charge < -0.3 is 19.9 Å². The van der Waals surface area contributed by atoms with Crippen LogP contribution in [-0.2, 0) is 9.53 Å². The number of aromatic nitrogens is 1. The zero-order valence-electron chi connectivity index (χ0n) is 14.6. The third-order valence-electron chi connectivity index (χ3n) is 4.01. The van der Waals surface area contributed by atoms with Gasteiger partial charge in [0.25, 0.3) is 0 Å². The summed E-state index contributed by atoms with van der Waals surface area (Å²) in [7, 11) is 1.62. The lowest BCUT2D eigenvalue weighted by molar-refractivity contribution is -0.131. The highest BCUT2D eigenvalue weighted by molar-refractivity contribution is 7.11. The molecule has 1 atom stereocenters. The number of carbonyl (C=O) groups excluding carboxylic acids is 2. The largest absolute Gasteiger partial charge is 0.383 e. The molecule has 1 aliphatic heterocycles. The summed E-state index contributed by atoms with van der Waals surface area (Å²) in [5, 5.41) is 3.94. The average molecular weight is 354 g/mol. The molecule has 0 saturated carbocycles. The second-order valence-electron chi connectivity index (χ2n) is 6.04. The number of ether oxygens (including phenoxy) is 1. The van der Waals surface area contributed by atoms with Crippen LogP contribution in [0.5, 0.6) is 0 Å². The van der Waals surface area contributed by atoms with Gasteiger partial charge in [-0.15, -0.1) is 11.3 Å². The first-order chi connectivity index (χ1) is 11.5. The summed E-state index contributed by atoms with van der Waals surface area (Å²) in [5.41, 5.74) is 0. The molecule has 1 fully saturated rings. The normalized spacial score (nSPS) is 16.9. The minimum Gasteiger partial charge on any atom is -0.383 e. The molecule has 7 nitrogen and oxygen atoms in total. The van der Waals surface area contributed by atoms with Crippen molar-refractivity contribution in [2.75, 3.05) is 46.4 Å². The van der Waals surface area contributed by atoms with E-state index in [1.807, 2.05) is 20.0 Å². The number of carbonyl (C=O) groups is 2. The summed E-state index contributed by atoms with van der Waals surface area (Å²) < 4.78 is 5.02. The summed E-state index contributed by atoms with van der Waals surface area (Å²) in [6, 6.07) is -0.183. The number of nitrogens with zero attached hydrogens (tertiary/aromatic N) is 3. The number of thiazole rings is 1. The van der Waals surface area contributed by atoms with Gasteiger partial charge >= 0.3 is 6.03 Å². The van der Waals surface area contributed by atoms with E-state index >= 15 is 0 Å². The molecular formula is C16H26N4O3S. The average Bonchev–Trinajstić information content (AvgIpc) is 2.91. The SMILES string of the molecule is COCCN1CCCN(C(=O)NC[C@H](C)c2ncc(C)s2)CC1=O. The molecule has 1 aromatic rings. The van der Waals surface area contributed by atoms with Crippen molar-refractivity contribution in [1.82, 2.24) is 20.1 Å². The maximum absolute atomic E-state index is 12.4. The van der Waals surface area contributed by atoms with Crippen LogP contribution in [-0.4, -0.2) is 73.2 Å². The molecule has 0 unspecified atom stereocenters. The van der Waals surface area contributed by atoms with Gasteiger partial charge in [-0.05, 0) is 13.3 Å². The standard InChI is InChI=1S/C16H26N4O3S/c1-12(15-17-10-13(2)24-15)9-18-16(22)20-6-4-5-19(7-8-23-3)14(21)11-20/h10,12H,4-9,11H2,1-3H3,(H,18,22)/t12-/m0/s1. The van der Waals surface area contributed by atoms with Crippen molar-refractivity contribution < 1.29 is 14.3 Å². The summed E-state index contributed by atoms with van der Waals surface area (Å²) in [4.78, 5) is 33.5. The number of urea groups is 1. The third-order valence-corrected chi connectivity index (χ3v) is 5.15. The van der Waals surface area contributed by atoms with Crippen molar-refractivity contribution in [3.05, 3.63) is 16.1 Å². The fraction of sp³-hybridized carbons (Fsp3) is 0.688. The molecule has 2 rings (SSSR count). The van der Waals surface area contributed by atoms with E-state index < -0.39 is 0 Å². The number of amides is 3. The van der Waals surface area contributed by atoms with Crippen LogP contribution < -0.4 is 5.32 Å². The molecule has 0 aliphatic carbocycles. The molecule has 8 heteroatoms. The minimum absolute atomic E-state index is 0.0247. The first-order valence-electron chi connectivity index (χ1n) is 8.23. The van der Waals surface area contributed by atoms with Crippen LogP contribution in [0.3, 0.4) is 0 Å². The van der Waals surface area contributed by atoms with E-state index in [1.165, 1.54) is 0 Å². The zero-order valence-corrected chi connectivity index (χ0v) is 15.4. The smallest absolute Gasteiger partial charge is 0.317 e. The maximum atomic E-state index is 12.4. The molecule has 24 heavy (non-hydrogen) atoms. The first kappa shape index (κ1) is 18.7. The molecule has 1 aromatic heterocycles. The number of hydrogen-bond donors (Lipinski definition) is 1. The van der Waals surface area contributed by atoms with E-state index in [0.29, 0.717) is 32.8 Å². The lowest BCUT2D eigenvalue weighted by Gasteiger charge is -2.22. The number of nitrogens with one attached hydrogen (secondary N) is 1. The van der Waals surface area contributed by atoms with Gasteiger partial charge in [-0.25, -0.2) is 9.78 Å². The van der Waals surface area contributed by atoms with Gasteiger partial charge in [0.1, 0.15) is 6.54 Å². The molecule has 134 valence electrons. The van der Waals surface area contributed by atoms with Gasteiger partial charge in [0.15, 0.2) is 0 Å². The molecule has 0 spiro atoms. The van der Waals surface area contributed by atoms with E-state index in [-0.39, 0.29) is 24.4 Å². The van der Waals surface area contributed by atoms with Crippen molar-refractivity contribution in [3.8, 4) is 0 Å². The predicted octanol–water partition coefficient (Wildman–Crippen LogP) is 1.45. The zero-order chi connectivity index (χ0) is 17.5. The molecule has 0 bridgehead atoms. The quantitative estimate of drug-likeness (QED) is 0.839. The Bertz CT molecular complexity index is 563. The van der Waals surface area contributed by atoms with Crippen LogP contribution in [0, 0.1) is 6.92 Å². The second-order valence-corrected chi connectivity index (χ2v) is 7.31. The van der Waals surface area contributed by atoms with Crippen LogP contribution in [0.4, 0.5) is 4.79 Å².